The summed E-state index contributed by atoms with van der Waals surface area (Å²) < 4.78 is 2.12. The summed E-state index contributed by atoms with van der Waals surface area (Å²) in [6, 6.07) is 13.4. The Labute approximate surface area is 121 Å². The number of hydrogen-bond donors (Lipinski definition) is 1. The lowest BCUT2D eigenvalue weighted by atomic mass is 9.59. The minimum absolute atomic E-state index is 0.225. The monoisotopic (exact) mass is 269 g/mol. The van der Waals surface area contributed by atoms with Crippen LogP contribution in [0.5, 0.6) is 0 Å². The molecule has 0 bridgehead atoms. The zero-order valence-electron chi connectivity index (χ0n) is 12.3. The number of aryl methyl sites for hydroxylation is 1. The van der Waals surface area contributed by atoms with Gasteiger partial charge in [0.15, 0.2) is 0 Å². The van der Waals surface area contributed by atoms with Crippen molar-refractivity contribution in [3.05, 3.63) is 53.9 Å². The number of rotatable bonds is 5. The standard InChI is InChI=1S/C17H23N3/c1-3-20-15(10-13-19-20)16(18-2)17(11-7-12-17)14-8-5-4-6-9-14/h4-6,8-10,13,16,18H,3,7,11-12H2,1-2H3. The maximum atomic E-state index is 4.45. The number of nitrogens with zero attached hydrogens (tertiary/aromatic N) is 2. The van der Waals surface area contributed by atoms with Crippen LogP contribution in [-0.2, 0) is 12.0 Å². The van der Waals surface area contributed by atoms with Crippen LogP contribution in [0, 0.1) is 0 Å². The zero-order chi connectivity index (χ0) is 14.0. The van der Waals surface area contributed by atoms with Gasteiger partial charge in [-0.1, -0.05) is 36.8 Å². The van der Waals surface area contributed by atoms with E-state index in [4.69, 9.17) is 0 Å². The molecule has 1 N–H and O–H groups in total. The molecule has 1 aromatic heterocycles. The smallest absolute Gasteiger partial charge is 0.0587 e. The van der Waals surface area contributed by atoms with Gasteiger partial charge >= 0.3 is 0 Å². The van der Waals surface area contributed by atoms with Gasteiger partial charge in [-0.3, -0.25) is 4.68 Å². The van der Waals surface area contributed by atoms with Gasteiger partial charge in [0.05, 0.1) is 11.7 Å². The Kier molecular flexibility index (Phi) is 3.62. The van der Waals surface area contributed by atoms with E-state index >= 15 is 0 Å². The highest BCUT2D eigenvalue weighted by molar-refractivity contribution is 5.33. The first kappa shape index (κ1) is 13.4. The fourth-order valence-corrected chi connectivity index (χ4v) is 3.63. The average molecular weight is 269 g/mol. The molecule has 1 aromatic carbocycles. The van der Waals surface area contributed by atoms with Crippen molar-refractivity contribution in [2.24, 2.45) is 0 Å². The Morgan fingerprint density at radius 1 is 1.25 bits per heavy atom. The van der Waals surface area contributed by atoms with Gasteiger partial charge in [-0.15, -0.1) is 0 Å². The molecule has 1 aliphatic rings. The summed E-state index contributed by atoms with van der Waals surface area (Å²) in [5, 5.41) is 8.01. The Morgan fingerprint density at radius 3 is 2.55 bits per heavy atom. The van der Waals surface area contributed by atoms with Crippen LogP contribution >= 0.6 is 0 Å². The Hall–Kier alpha value is -1.61. The largest absolute Gasteiger partial charge is 0.311 e. The topological polar surface area (TPSA) is 29.9 Å². The van der Waals surface area contributed by atoms with Crippen LogP contribution in [0.3, 0.4) is 0 Å². The van der Waals surface area contributed by atoms with Crippen LogP contribution in [0.15, 0.2) is 42.6 Å². The van der Waals surface area contributed by atoms with Crippen molar-refractivity contribution >= 4 is 0 Å². The SMILES string of the molecule is CCn1nccc1C(NC)C1(c2ccccc2)CCC1. The normalized spacial score (nSPS) is 18.5. The van der Waals surface area contributed by atoms with E-state index < -0.39 is 0 Å². The van der Waals surface area contributed by atoms with E-state index in [1.165, 1.54) is 30.5 Å². The lowest BCUT2D eigenvalue weighted by Gasteiger charge is -2.48. The Bertz CT molecular complexity index is 555. The van der Waals surface area contributed by atoms with Gasteiger partial charge in [0.25, 0.3) is 0 Å². The van der Waals surface area contributed by atoms with Crippen LogP contribution in [0.2, 0.25) is 0 Å². The number of likely N-dealkylation sites (N-methyl/N-ethyl adjacent to an activating group) is 1. The first-order valence-electron chi connectivity index (χ1n) is 7.56. The Balaban J connectivity index is 2.03. The van der Waals surface area contributed by atoms with Crippen molar-refractivity contribution in [1.29, 1.82) is 0 Å². The van der Waals surface area contributed by atoms with E-state index in [2.05, 4.69) is 65.5 Å². The molecule has 20 heavy (non-hydrogen) atoms. The maximum Gasteiger partial charge on any atom is 0.0587 e. The molecule has 106 valence electrons. The molecule has 0 saturated heterocycles. The molecule has 1 fully saturated rings. The first-order chi connectivity index (χ1) is 9.81. The van der Waals surface area contributed by atoms with Gasteiger partial charge in [0.1, 0.15) is 0 Å². The van der Waals surface area contributed by atoms with E-state index in [1.807, 2.05) is 6.20 Å². The predicted molar refractivity (Wildman–Crippen MR) is 81.7 cm³/mol. The number of aromatic nitrogens is 2. The highest BCUT2D eigenvalue weighted by atomic mass is 15.3. The molecule has 1 unspecified atom stereocenters. The molecule has 1 saturated carbocycles. The van der Waals surface area contributed by atoms with E-state index in [0.29, 0.717) is 6.04 Å². The van der Waals surface area contributed by atoms with Crippen molar-refractivity contribution in [2.75, 3.05) is 7.05 Å². The molecule has 3 rings (SSSR count). The molecule has 0 spiro atoms. The third kappa shape index (κ3) is 1.97. The molecule has 1 heterocycles. The summed E-state index contributed by atoms with van der Waals surface area (Å²) in [6.07, 6.45) is 5.72. The minimum atomic E-state index is 0.225. The second-order valence-corrected chi connectivity index (χ2v) is 5.67. The first-order valence-corrected chi connectivity index (χ1v) is 7.56. The molecule has 1 atom stereocenters. The van der Waals surface area contributed by atoms with Gasteiger partial charge in [-0.2, -0.15) is 5.10 Å². The molecular formula is C17H23N3. The Morgan fingerprint density at radius 2 is 2.00 bits per heavy atom. The third-order valence-electron chi connectivity index (χ3n) is 4.78. The highest BCUT2D eigenvalue weighted by Crippen LogP contribution is 2.51. The average Bonchev–Trinajstić information content (AvgIpc) is 2.91. The maximum absolute atomic E-state index is 4.45. The summed E-state index contributed by atoms with van der Waals surface area (Å²) in [7, 11) is 2.07. The summed E-state index contributed by atoms with van der Waals surface area (Å²) in [5.41, 5.74) is 2.98. The summed E-state index contributed by atoms with van der Waals surface area (Å²) in [5.74, 6) is 0. The second kappa shape index (κ2) is 5.41. The van der Waals surface area contributed by atoms with Gasteiger partial charge < -0.3 is 5.32 Å². The molecule has 3 heteroatoms. The van der Waals surface area contributed by atoms with Crippen LogP contribution < -0.4 is 5.32 Å². The van der Waals surface area contributed by atoms with Crippen molar-refractivity contribution in [2.45, 2.75) is 44.2 Å². The van der Waals surface area contributed by atoms with Gasteiger partial charge in [-0.05, 0) is 38.4 Å². The molecule has 0 aliphatic heterocycles. The van der Waals surface area contributed by atoms with Gasteiger partial charge in [-0.25, -0.2) is 0 Å². The number of hydrogen-bond acceptors (Lipinski definition) is 2. The number of nitrogens with one attached hydrogen (secondary N) is 1. The number of benzene rings is 1. The highest BCUT2D eigenvalue weighted by Gasteiger charge is 2.46. The van der Waals surface area contributed by atoms with E-state index in [-0.39, 0.29) is 5.41 Å². The fourth-order valence-electron chi connectivity index (χ4n) is 3.63. The van der Waals surface area contributed by atoms with Gasteiger partial charge in [0.2, 0.25) is 0 Å². The second-order valence-electron chi connectivity index (χ2n) is 5.67. The molecule has 3 nitrogen and oxygen atoms in total. The molecular weight excluding hydrogens is 246 g/mol. The molecule has 2 aromatic rings. The van der Waals surface area contributed by atoms with Crippen molar-refractivity contribution in [3.63, 3.8) is 0 Å². The molecule has 1 aliphatic carbocycles. The van der Waals surface area contributed by atoms with Crippen LogP contribution in [0.4, 0.5) is 0 Å². The molecule has 0 amide bonds. The molecule has 0 radical (unpaired) electrons. The van der Waals surface area contributed by atoms with Gasteiger partial charge in [0, 0.05) is 18.2 Å². The van der Waals surface area contributed by atoms with E-state index in [9.17, 15) is 0 Å². The summed E-state index contributed by atoms with van der Waals surface area (Å²) in [6.45, 7) is 3.07. The van der Waals surface area contributed by atoms with E-state index in [1.54, 1.807) is 0 Å². The van der Waals surface area contributed by atoms with Crippen molar-refractivity contribution < 1.29 is 0 Å². The van der Waals surface area contributed by atoms with Crippen molar-refractivity contribution in [3.8, 4) is 0 Å². The summed E-state index contributed by atoms with van der Waals surface area (Å²) in [4.78, 5) is 0. The quantitative estimate of drug-likeness (QED) is 0.902. The van der Waals surface area contributed by atoms with Crippen molar-refractivity contribution in [1.82, 2.24) is 15.1 Å². The van der Waals surface area contributed by atoms with Crippen LogP contribution in [0.25, 0.3) is 0 Å². The summed E-state index contributed by atoms with van der Waals surface area (Å²) >= 11 is 0. The van der Waals surface area contributed by atoms with Crippen LogP contribution in [-0.4, -0.2) is 16.8 Å². The van der Waals surface area contributed by atoms with E-state index in [0.717, 1.165) is 6.54 Å². The predicted octanol–water partition coefficient (Wildman–Crippen LogP) is 3.29. The lowest BCUT2D eigenvalue weighted by Crippen LogP contribution is -2.46. The lowest BCUT2D eigenvalue weighted by molar-refractivity contribution is 0.169. The fraction of sp³-hybridized carbons (Fsp3) is 0.471. The van der Waals surface area contributed by atoms with Crippen LogP contribution in [0.1, 0.15) is 43.5 Å². The minimum Gasteiger partial charge on any atom is -0.311 e. The third-order valence-corrected chi connectivity index (χ3v) is 4.78. The zero-order valence-corrected chi connectivity index (χ0v) is 12.3.